The summed E-state index contributed by atoms with van der Waals surface area (Å²) in [5.74, 6) is -1.34. The third-order valence-electron chi connectivity index (χ3n) is 2.53. The zero-order valence-corrected chi connectivity index (χ0v) is 10.2. The van der Waals surface area contributed by atoms with Gasteiger partial charge in [0.15, 0.2) is 0 Å². The van der Waals surface area contributed by atoms with Gasteiger partial charge in [0.2, 0.25) is 5.91 Å². The van der Waals surface area contributed by atoms with E-state index in [1.807, 2.05) is 0 Å². The largest absolute Gasteiger partial charge is 0.352 e. The molecular weight excluding hydrogens is 253 g/mol. The van der Waals surface area contributed by atoms with Crippen molar-refractivity contribution in [1.29, 1.82) is 0 Å². The van der Waals surface area contributed by atoms with Crippen LogP contribution in [0.5, 0.6) is 0 Å². The smallest absolute Gasteiger partial charge is 0.260 e. The average molecular weight is 269 g/mol. The highest BCUT2D eigenvalue weighted by molar-refractivity contribution is 5.82. The molecule has 1 rings (SSSR count). The molecule has 2 amide bonds. The Hall–Kier alpha value is -1.99. The number of carbonyl (C=O) groups excluding carboxylic acids is 2. The third-order valence-corrected chi connectivity index (χ3v) is 2.53. The van der Waals surface area contributed by atoms with Crippen LogP contribution in [0.15, 0.2) is 24.3 Å². The van der Waals surface area contributed by atoms with Gasteiger partial charge in [0.25, 0.3) is 5.91 Å². The van der Waals surface area contributed by atoms with E-state index < -0.39 is 11.9 Å². The molecule has 0 radical (unpaired) electrons. The van der Waals surface area contributed by atoms with Crippen molar-refractivity contribution >= 4 is 11.8 Å². The van der Waals surface area contributed by atoms with Gasteiger partial charge >= 0.3 is 0 Å². The molecule has 0 aliphatic heterocycles. The SMILES string of the molecule is NC(CCC(=O)NCc1ccc(F)cc1)C(=O)NO. The molecule has 0 bridgehead atoms. The van der Waals surface area contributed by atoms with Crippen molar-refractivity contribution in [2.45, 2.75) is 25.4 Å². The summed E-state index contributed by atoms with van der Waals surface area (Å²) in [6.45, 7) is 0.278. The molecule has 0 fully saturated rings. The van der Waals surface area contributed by atoms with Gasteiger partial charge in [-0.25, -0.2) is 9.87 Å². The van der Waals surface area contributed by atoms with Gasteiger partial charge in [0, 0.05) is 13.0 Å². The Morgan fingerprint density at radius 1 is 1.32 bits per heavy atom. The van der Waals surface area contributed by atoms with Gasteiger partial charge < -0.3 is 11.1 Å². The number of amides is 2. The predicted molar refractivity (Wildman–Crippen MR) is 65.4 cm³/mol. The van der Waals surface area contributed by atoms with E-state index in [0.717, 1.165) is 5.56 Å². The molecule has 104 valence electrons. The molecule has 0 aromatic heterocycles. The number of nitrogens with one attached hydrogen (secondary N) is 2. The first-order valence-corrected chi connectivity index (χ1v) is 5.73. The maximum Gasteiger partial charge on any atom is 0.260 e. The molecule has 1 aromatic rings. The molecule has 0 heterocycles. The van der Waals surface area contributed by atoms with Gasteiger partial charge in [0.05, 0.1) is 6.04 Å². The molecule has 0 saturated heterocycles. The minimum absolute atomic E-state index is 0.0653. The maximum absolute atomic E-state index is 12.6. The van der Waals surface area contributed by atoms with Gasteiger partial charge in [0.1, 0.15) is 5.82 Å². The van der Waals surface area contributed by atoms with Crippen molar-refractivity contribution in [2.24, 2.45) is 5.73 Å². The van der Waals surface area contributed by atoms with E-state index in [-0.39, 0.29) is 31.1 Å². The highest BCUT2D eigenvalue weighted by Gasteiger charge is 2.13. The normalized spacial score (nSPS) is 11.7. The van der Waals surface area contributed by atoms with Crippen molar-refractivity contribution < 1.29 is 19.2 Å². The van der Waals surface area contributed by atoms with Crippen LogP contribution in [0.3, 0.4) is 0 Å². The van der Waals surface area contributed by atoms with Crippen molar-refractivity contribution in [3.05, 3.63) is 35.6 Å². The molecule has 1 aromatic carbocycles. The molecule has 0 saturated carbocycles. The summed E-state index contributed by atoms with van der Waals surface area (Å²) >= 11 is 0. The van der Waals surface area contributed by atoms with E-state index in [4.69, 9.17) is 10.9 Å². The molecular formula is C12H16FN3O3. The second-order valence-electron chi connectivity index (χ2n) is 4.02. The van der Waals surface area contributed by atoms with Crippen LogP contribution >= 0.6 is 0 Å². The summed E-state index contributed by atoms with van der Waals surface area (Å²) in [7, 11) is 0. The lowest BCUT2D eigenvalue weighted by Crippen LogP contribution is -2.39. The Morgan fingerprint density at radius 3 is 2.53 bits per heavy atom. The molecule has 0 spiro atoms. The Balaban J connectivity index is 2.28. The summed E-state index contributed by atoms with van der Waals surface area (Å²) in [5.41, 5.74) is 7.60. The van der Waals surface area contributed by atoms with Crippen LogP contribution in [0.1, 0.15) is 18.4 Å². The Bertz CT molecular complexity index is 436. The van der Waals surface area contributed by atoms with Gasteiger partial charge in [-0.2, -0.15) is 0 Å². The zero-order chi connectivity index (χ0) is 14.3. The third kappa shape index (κ3) is 5.45. The summed E-state index contributed by atoms with van der Waals surface area (Å²) < 4.78 is 12.6. The van der Waals surface area contributed by atoms with Crippen LogP contribution in [0.25, 0.3) is 0 Å². The number of benzene rings is 1. The number of halogens is 1. The van der Waals surface area contributed by atoms with Gasteiger partial charge in [-0.1, -0.05) is 12.1 Å². The Morgan fingerprint density at radius 2 is 1.95 bits per heavy atom. The molecule has 5 N–H and O–H groups in total. The van der Waals surface area contributed by atoms with E-state index in [9.17, 15) is 14.0 Å². The number of hydrogen-bond donors (Lipinski definition) is 4. The topological polar surface area (TPSA) is 104 Å². The lowest BCUT2D eigenvalue weighted by molar-refractivity contribution is -0.130. The molecule has 7 heteroatoms. The van der Waals surface area contributed by atoms with Crippen LogP contribution in [0.4, 0.5) is 4.39 Å². The van der Waals surface area contributed by atoms with Crippen LogP contribution in [-0.2, 0) is 16.1 Å². The highest BCUT2D eigenvalue weighted by atomic mass is 19.1. The minimum atomic E-state index is -0.929. The predicted octanol–water partition coefficient (Wildman–Crippen LogP) is 0.0548. The first-order chi connectivity index (χ1) is 9.02. The van der Waals surface area contributed by atoms with Crippen molar-refractivity contribution in [1.82, 2.24) is 10.8 Å². The lowest BCUT2D eigenvalue weighted by Gasteiger charge is -2.09. The van der Waals surface area contributed by atoms with Crippen LogP contribution < -0.4 is 16.5 Å². The van der Waals surface area contributed by atoms with Gasteiger partial charge in [-0.3, -0.25) is 14.8 Å². The molecule has 0 aliphatic rings. The minimum Gasteiger partial charge on any atom is -0.352 e. The monoisotopic (exact) mass is 269 g/mol. The van der Waals surface area contributed by atoms with Gasteiger partial charge in [-0.15, -0.1) is 0 Å². The second-order valence-corrected chi connectivity index (χ2v) is 4.02. The number of hydrogen-bond acceptors (Lipinski definition) is 4. The van der Waals surface area contributed by atoms with E-state index in [0.29, 0.717) is 0 Å². The van der Waals surface area contributed by atoms with Crippen LogP contribution in [0, 0.1) is 5.82 Å². The van der Waals surface area contributed by atoms with E-state index >= 15 is 0 Å². The molecule has 6 nitrogen and oxygen atoms in total. The van der Waals surface area contributed by atoms with E-state index in [1.165, 1.54) is 17.6 Å². The maximum atomic E-state index is 12.6. The second kappa shape index (κ2) is 7.45. The van der Waals surface area contributed by atoms with E-state index in [2.05, 4.69) is 5.32 Å². The molecule has 0 aliphatic carbocycles. The van der Waals surface area contributed by atoms with E-state index in [1.54, 1.807) is 12.1 Å². The fourth-order valence-electron chi connectivity index (χ4n) is 1.39. The molecule has 19 heavy (non-hydrogen) atoms. The average Bonchev–Trinajstić information content (AvgIpc) is 2.43. The van der Waals surface area contributed by atoms with Crippen LogP contribution in [0.2, 0.25) is 0 Å². The van der Waals surface area contributed by atoms with Crippen molar-refractivity contribution in [3.8, 4) is 0 Å². The standard InChI is InChI=1S/C12H16FN3O3/c13-9-3-1-8(2-4-9)7-15-11(17)6-5-10(14)12(18)16-19/h1-4,10,19H,5-7,14H2,(H,15,17)(H,16,18). The Kier molecular flexibility index (Phi) is 5.91. The molecule has 1 unspecified atom stereocenters. The zero-order valence-electron chi connectivity index (χ0n) is 10.2. The summed E-state index contributed by atoms with van der Waals surface area (Å²) in [5, 5.41) is 11.0. The highest BCUT2D eigenvalue weighted by Crippen LogP contribution is 2.02. The lowest BCUT2D eigenvalue weighted by atomic mass is 10.1. The fourth-order valence-corrected chi connectivity index (χ4v) is 1.39. The Labute approximate surface area is 109 Å². The summed E-state index contributed by atoms with van der Waals surface area (Å²) in [6, 6.07) is 4.83. The first kappa shape index (κ1) is 15.1. The quantitative estimate of drug-likeness (QED) is 0.433. The number of rotatable bonds is 6. The van der Waals surface area contributed by atoms with Gasteiger partial charge in [-0.05, 0) is 24.1 Å². The fraction of sp³-hybridized carbons (Fsp3) is 0.333. The molecule has 1 atom stereocenters. The number of nitrogens with two attached hydrogens (primary N) is 1. The van der Waals surface area contributed by atoms with Crippen LogP contribution in [-0.4, -0.2) is 23.1 Å². The van der Waals surface area contributed by atoms with Crippen molar-refractivity contribution in [3.63, 3.8) is 0 Å². The number of hydroxylamine groups is 1. The summed E-state index contributed by atoms with van der Waals surface area (Å²) in [6.07, 6.45) is 0.192. The van der Waals surface area contributed by atoms with Crippen molar-refractivity contribution in [2.75, 3.05) is 0 Å². The summed E-state index contributed by atoms with van der Waals surface area (Å²) in [4.78, 5) is 22.3. The first-order valence-electron chi connectivity index (χ1n) is 5.73. The number of carbonyl (C=O) groups is 2.